The molecule has 1 aromatic heterocycles. The Kier molecular flexibility index (Phi) is 3.28. The van der Waals surface area contributed by atoms with Crippen LogP contribution in [0.25, 0.3) is 0 Å². The number of carboxylic acid groups (broad SMARTS) is 1. The number of rotatable bonds is 3. The van der Waals surface area contributed by atoms with Gasteiger partial charge in [-0.1, -0.05) is 13.3 Å². The molecular formula is C12H15NO4. The summed E-state index contributed by atoms with van der Waals surface area (Å²) in [6.07, 6.45) is 2.75. The van der Waals surface area contributed by atoms with Gasteiger partial charge in [-0.05, 0) is 18.1 Å². The number of H-pyrrole nitrogens is 1. The topological polar surface area (TPSA) is 79.4 Å². The van der Waals surface area contributed by atoms with Crippen LogP contribution in [0.4, 0.5) is 0 Å². The highest BCUT2D eigenvalue weighted by Gasteiger charge is 2.21. The highest BCUT2D eigenvalue weighted by Crippen LogP contribution is 2.20. The lowest BCUT2D eigenvalue weighted by Crippen LogP contribution is -2.28. The molecule has 2 heterocycles. The molecule has 0 saturated heterocycles. The Balaban J connectivity index is 2.32. The van der Waals surface area contributed by atoms with Gasteiger partial charge in [-0.2, -0.15) is 0 Å². The molecule has 1 aromatic rings. The van der Waals surface area contributed by atoms with Crippen molar-refractivity contribution < 1.29 is 14.6 Å². The maximum atomic E-state index is 11.5. The molecule has 1 aliphatic heterocycles. The van der Waals surface area contributed by atoms with Crippen LogP contribution in [-0.2, 0) is 17.8 Å². The van der Waals surface area contributed by atoms with E-state index in [9.17, 15) is 9.59 Å². The zero-order valence-corrected chi connectivity index (χ0v) is 9.66. The van der Waals surface area contributed by atoms with Gasteiger partial charge in [0.25, 0.3) is 5.56 Å². The summed E-state index contributed by atoms with van der Waals surface area (Å²) in [6.45, 7) is 2.45. The molecule has 0 amide bonds. The Bertz CT molecular complexity index is 492. The van der Waals surface area contributed by atoms with Gasteiger partial charge >= 0.3 is 5.97 Å². The molecule has 0 spiro atoms. The molecule has 2 N–H and O–H groups in total. The van der Waals surface area contributed by atoms with Gasteiger partial charge in [-0.25, -0.2) is 4.79 Å². The number of hydrogen-bond donors (Lipinski definition) is 2. The van der Waals surface area contributed by atoms with Gasteiger partial charge in [-0.15, -0.1) is 0 Å². The fourth-order valence-electron chi connectivity index (χ4n) is 2.08. The van der Waals surface area contributed by atoms with Crippen LogP contribution in [0.5, 0.6) is 0 Å². The molecule has 0 bridgehead atoms. The molecule has 0 aromatic carbocycles. The first-order valence-corrected chi connectivity index (χ1v) is 5.71. The predicted molar refractivity (Wildman–Crippen MR) is 61.2 cm³/mol. The van der Waals surface area contributed by atoms with Crippen molar-refractivity contribution in [3.05, 3.63) is 33.2 Å². The Labute approximate surface area is 98.4 Å². The lowest BCUT2D eigenvalue weighted by molar-refractivity contribution is 0.0213. The quantitative estimate of drug-likeness (QED) is 0.830. The van der Waals surface area contributed by atoms with Gasteiger partial charge < -0.3 is 14.8 Å². The number of ether oxygens (including phenoxy) is 1. The van der Waals surface area contributed by atoms with Crippen molar-refractivity contribution in [3.63, 3.8) is 0 Å². The van der Waals surface area contributed by atoms with Gasteiger partial charge in [0.05, 0.1) is 12.7 Å². The first-order valence-electron chi connectivity index (χ1n) is 5.71. The summed E-state index contributed by atoms with van der Waals surface area (Å²) in [5.41, 5.74) is 0.828. The second-order valence-corrected chi connectivity index (χ2v) is 4.25. The third-order valence-corrected chi connectivity index (χ3v) is 2.96. The van der Waals surface area contributed by atoms with Crippen molar-refractivity contribution in [2.45, 2.75) is 38.9 Å². The molecule has 5 heteroatoms. The van der Waals surface area contributed by atoms with E-state index in [2.05, 4.69) is 11.9 Å². The highest BCUT2D eigenvalue weighted by atomic mass is 16.5. The number of aromatic nitrogens is 1. The lowest BCUT2D eigenvalue weighted by atomic mass is 10.0. The molecule has 1 unspecified atom stereocenters. The molecule has 1 atom stereocenters. The minimum Gasteiger partial charge on any atom is -0.477 e. The zero-order chi connectivity index (χ0) is 12.4. The third kappa shape index (κ3) is 2.39. The first-order chi connectivity index (χ1) is 8.11. The third-order valence-electron chi connectivity index (χ3n) is 2.96. The summed E-state index contributed by atoms with van der Waals surface area (Å²) in [6, 6.07) is 1.42. The van der Waals surface area contributed by atoms with E-state index in [-0.39, 0.29) is 11.7 Å². The van der Waals surface area contributed by atoms with Crippen molar-refractivity contribution in [2.24, 2.45) is 0 Å². The van der Waals surface area contributed by atoms with Crippen molar-refractivity contribution in [3.8, 4) is 0 Å². The monoisotopic (exact) mass is 237 g/mol. The molecule has 0 fully saturated rings. The number of hydrogen-bond acceptors (Lipinski definition) is 3. The van der Waals surface area contributed by atoms with E-state index in [1.165, 1.54) is 6.07 Å². The van der Waals surface area contributed by atoms with Crippen LogP contribution in [-0.4, -0.2) is 22.2 Å². The van der Waals surface area contributed by atoms with Gasteiger partial charge in [0.2, 0.25) is 0 Å². The number of aromatic carboxylic acids is 1. The number of carboxylic acids is 1. The summed E-state index contributed by atoms with van der Waals surface area (Å²) < 4.78 is 5.60. The van der Waals surface area contributed by atoms with Crippen molar-refractivity contribution in [1.29, 1.82) is 0 Å². The maximum Gasteiger partial charge on any atom is 0.341 e. The van der Waals surface area contributed by atoms with Crippen LogP contribution >= 0.6 is 0 Å². The average Bonchev–Trinajstić information content (AvgIpc) is 2.28. The lowest BCUT2D eigenvalue weighted by Gasteiger charge is -2.24. The van der Waals surface area contributed by atoms with Crippen LogP contribution in [0.15, 0.2) is 10.9 Å². The van der Waals surface area contributed by atoms with Crippen molar-refractivity contribution in [2.75, 3.05) is 0 Å². The molecule has 0 saturated carbocycles. The second-order valence-electron chi connectivity index (χ2n) is 4.25. The summed E-state index contributed by atoms with van der Waals surface area (Å²) >= 11 is 0. The first kappa shape index (κ1) is 11.9. The van der Waals surface area contributed by atoms with Gasteiger partial charge in [0.15, 0.2) is 0 Å². The second kappa shape index (κ2) is 4.71. The Morgan fingerprint density at radius 3 is 3.06 bits per heavy atom. The molecule has 17 heavy (non-hydrogen) atoms. The van der Waals surface area contributed by atoms with Gasteiger partial charge in [-0.3, -0.25) is 4.79 Å². The normalized spacial score (nSPS) is 18.8. The largest absolute Gasteiger partial charge is 0.477 e. The smallest absolute Gasteiger partial charge is 0.341 e. The minimum absolute atomic E-state index is 0.124. The molecule has 2 rings (SSSR count). The van der Waals surface area contributed by atoms with E-state index in [1.54, 1.807) is 0 Å². The highest BCUT2D eigenvalue weighted by molar-refractivity contribution is 5.87. The van der Waals surface area contributed by atoms with Crippen molar-refractivity contribution in [1.82, 2.24) is 4.98 Å². The average molecular weight is 237 g/mol. The Hall–Kier alpha value is -1.62. The predicted octanol–water partition coefficient (Wildman–Crippen LogP) is 1.31. The number of fused-ring (bicyclic) bond motifs is 1. The summed E-state index contributed by atoms with van der Waals surface area (Å²) in [4.78, 5) is 25.0. The molecular weight excluding hydrogens is 222 g/mol. The maximum absolute atomic E-state index is 11.5. The standard InChI is InChI=1S/C12H15NO4/c1-2-3-8-5-10-7(6-17-8)4-9(12(15)16)11(14)13-10/h4,8H,2-3,5-6H2,1H3,(H,13,14)(H,15,16). The van der Waals surface area contributed by atoms with E-state index in [1.807, 2.05) is 0 Å². The number of aromatic amines is 1. The van der Waals surface area contributed by atoms with Crippen LogP contribution < -0.4 is 5.56 Å². The summed E-state index contributed by atoms with van der Waals surface area (Å²) in [5, 5.41) is 8.84. The number of pyridine rings is 1. The van der Waals surface area contributed by atoms with Crippen LogP contribution in [0.2, 0.25) is 0 Å². The summed E-state index contributed by atoms with van der Waals surface area (Å²) in [7, 11) is 0. The molecule has 92 valence electrons. The van der Waals surface area contributed by atoms with E-state index in [0.717, 1.165) is 24.1 Å². The molecule has 0 aliphatic carbocycles. The van der Waals surface area contributed by atoms with Gasteiger partial charge in [0.1, 0.15) is 5.56 Å². The van der Waals surface area contributed by atoms with Crippen LogP contribution in [0.1, 0.15) is 41.4 Å². The summed E-state index contributed by atoms with van der Waals surface area (Å²) in [5.74, 6) is -1.20. The fraction of sp³-hybridized carbons (Fsp3) is 0.500. The molecule has 0 radical (unpaired) electrons. The fourth-order valence-corrected chi connectivity index (χ4v) is 2.08. The number of carbonyl (C=O) groups is 1. The van der Waals surface area contributed by atoms with Gasteiger partial charge in [0, 0.05) is 12.1 Å². The Morgan fingerprint density at radius 2 is 2.41 bits per heavy atom. The zero-order valence-electron chi connectivity index (χ0n) is 9.66. The Morgan fingerprint density at radius 1 is 1.65 bits per heavy atom. The van der Waals surface area contributed by atoms with Crippen LogP contribution in [0, 0.1) is 0 Å². The SMILES string of the molecule is CCCC1Cc2[nH]c(=O)c(C(=O)O)cc2CO1. The van der Waals surface area contributed by atoms with Crippen molar-refractivity contribution >= 4 is 5.97 Å². The minimum atomic E-state index is -1.20. The molecule has 5 nitrogen and oxygen atoms in total. The van der Waals surface area contributed by atoms with Crippen LogP contribution in [0.3, 0.4) is 0 Å². The van der Waals surface area contributed by atoms with E-state index >= 15 is 0 Å². The van der Waals surface area contributed by atoms with E-state index in [0.29, 0.717) is 13.0 Å². The molecule has 1 aliphatic rings. The van der Waals surface area contributed by atoms with E-state index < -0.39 is 11.5 Å². The number of nitrogens with one attached hydrogen (secondary N) is 1. The van der Waals surface area contributed by atoms with E-state index in [4.69, 9.17) is 9.84 Å².